The Hall–Kier alpha value is -3.23. The van der Waals surface area contributed by atoms with Gasteiger partial charge in [0.2, 0.25) is 15.9 Å². The van der Waals surface area contributed by atoms with E-state index in [4.69, 9.17) is 0 Å². The van der Waals surface area contributed by atoms with Crippen molar-refractivity contribution in [2.75, 3.05) is 13.1 Å². The van der Waals surface area contributed by atoms with E-state index in [-0.39, 0.29) is 11.8 Å². The SMILES string of the molecule is Cc1nn(Cc2ccccc2)c(C)c1CNC(=O)C1CCN(S(=O)(=O)C=Cc2ccccc2)CC1. The third-order valence-corrected chi connectivity index (χ3v) is 8.13. The molecule has 1 aliphatic rings. The van der Waals surface area contributed by atoms with Gasteiger partial charge in [0, 0.05) is 42.2 Å². The molecule has 184 valence electrons. The molecule has 2 heterocycles. The summed E-state index contributed by atoms with van der Waals surface area (Å²) >= 11 is 0. The lowest BCUT2D eigenvalue weighted by molar-refractivity contribution is -0.126. The first kappa shape index (κ1) is 24.9. The number of amides is 1. The van der Waals surface area contributed by atoms with Crippen molar-refractivity contribution in [1.29, 1.82) is 0 Å². The number of aromatic nitrogens is 2. The number of nitrogens with zero attached hydrogens (tertiary/aromatic N) is 3. The first-order valence-electron chi connectivity index (χ1n) is 11.9. The minimum Gasteiger partial charge on any atom is -0.352 e. The summed E-state index contributed by atoms with van der Waals surface area (Å²) in [5.41, 5.74) is 4.99. The second-order valence-corrected chi connectivity index (χ2v) is 10.8. The number of nitrogens with one attached hydrogen (secondary N) is 1. The molecule has 8 heteroatoms. The molecule has 0 radical (unpaired) electrons. The van der Waals surface area contributed by atoms with Crippen LogP contribution in [0, 0.1) is 19.8 Å². The number of carbonyl (C=O) groups excluding carboxylic acids is 1. The van der Waals surface area contributed by atoms with E-state index in [0.29, 0.717) is 39.0 Å². The molecule has 0 bridgehead atoms. The van der Waals surface area contributed by atoms with Crippen LogP contribution in [-0.2, 0) is 27.9 Å². The van der Waals surface area contributed by atoms with E-state index < -0.39 is 10.0 Å². The minimum absolute atomic E-state index is 0.0310. The van der Waals surface area contributed by atoms with Gasteiger partial charge in [-0.2, -0.15) is 9.40 Å². The molecular formula is C27H32N4O3S. The Morgan fingerprint density at radius 3 is 2.31 bits per heavy atom. The van der Waals surface area contributed by atoms with Crippen molar-refractivity contribution in [2.45, 2.75) is 39.8 Å². The fraction of sp³-hybridized carbons (Fsp3) is 0.333. The summed E-state index contributed by atoms with van der Waals surface area (Å²) < 4.78 is 28.8. The number of rotatable bonds is 8. The van der Waals surface area contributed by atoms with Crippen molar-refractivity contribution < 1.29 is 13.2 Å². The Bertz CT molecular complexity index is 1280. The van der Waals surface area contributed by atoms with Crippen molar-refractivity contribution in [3.8, 4) is 0 Å². The van der Waals surface area contributed by atoms with E-state index in [1.807, 2.05) is 67.1 Å². The Balaban J connectivity index is 1.30. The van der Waals surface area contributed by atoms with Gasteiger partial charge >= 0.3 is 0 Å². The van der Waals surface area contributed by atoms with E-state index in [9.17, 15) is 13.2 Å². The Labute approximate surface area is 207 Å². The van der Waals surface area contributed by atoms with Gasteiger partial charge in [0.05, 0.1) is 12.2 Å². The number of hydrogen-bond acceptors (Lipinski definition) is 4. The van der Waals surface area contributed by atoms with Gasteiger partial charge in [-0.25, -0.2) is 8.42 Å². The molecule has 0 atom stereocenters. The average Bonchev–Trinajstić information content (AvgIpc) is 3.14. The van der Waals surface area contributed by atoms with Crippen LogP contribution in [0.2, 0.25) is 0 Å². The van der Waals surface area contributed by atoms with Crippen LogP contribution in [0.15, 0.2) is 66.1 Å². The molecule has 4 rings (SSSR count). The zero-order valence-corrected chi connectivity index (χ0v) is 21.0. The largest absolute Gasteiger partial charge is 0.352 e. The van der Waals surface area contributed by atoms with Crippen LogP contribution < -0.4 is 5.32 Å². The van der Waals surface area contributed by atoms with Gasteiger partial charge in [-0.3, -0.25) is 9.48 Å². The summed E-state index contributed by atoms with van der Waals surface area (Å²) in [6, 6.07) is 19.5. The van der Waals surface area contributed by atoms with Crippen molar-refractivity contribution in [3.05, 3.63) is 94.1 Å². The van der Waals surface area contributed by atoms with Crippen LogP contribution in [0.25, 0.3) is 6.08 Å². The molecule has 1 aliphatic heterocycles. The monoisotopic (exact) mass is 492 g/mol. The van der Waals surface area contributed by atoms with Crippen LogP contribution in [0.3, 0.4) is 0 Å². The molecule has 35 heavy (non-hydrogen) atoms. The predicted octanol–water partition coefficient (Wildman–Crippen LogP) is 3.88. The maximum atomic E-state index is 12.8. The molecule has 2 aromatic carbocycles. The van der Waals surface area contributed by atoms with Crippen molar-refractivity contribution in [3.63, 3.8) is 0 Å². The predicted molar refractivity (Wildman–Crippen MR) is 138 cm³/mol. The highest BCUT2D eigenvalue weighted by atomic mass is 32.2. The topological polar surface area (TPSA) is 84.3 Å². The fourth-order valence-corrected chi connectivity index (χ4v) is 5.63. The lowest BCUT2D eigenvalue weighted by Crippen LogP contribution is -2.42. The first-order chi connectivity index (χ1) is 16.8. The molecule has 0 unspecified atom stereocenters. The highest BCUT2D eigenvalue weighted by Crippen LogP contribution is 2.22. The van der Waals surface area contributed by atoms with Gasteiger partial charge < -0.3 is 5.32 Å². The maximum absolute atomic E-state index is 12.8. The minimum atomic E-state index is -3.51. The first-order valence-corrected chi connectivity index (χ1v) is 13.4. The summed E-state index contributed by atoms with van der Waals surface area (Å²) in [6.45, 7) is 5.77. The van der Waals surface area contributed by atoms with E-state index >= 15 is 0 Å². The maximum Gasteiger partial charge on any atom is 0.236 e. The molecule has 0 aliphatic carbocycles. The zero-order valence-electron chi connectivity index (χ0n) is 20.2. The zero-order chi connectivity index (χ0) is 24.8. The average molecular weight is 493 g/mol. The summed E-state index contributed by atoms with van der Waals surface area (Å²) in [4.78, 5) is 12.8. The van der Waals surface area contributed by atoms with E-state index in [2.05, 4.69) is 22.5 Å². The summed E-state index contributed by atoms with van der Waals surface area (Å²) in [6.07, 6.45) is 2.63. The molecule has 1 aromatic heterocycles. The summed E-state index contributed by atoms with van der Waals surface area (Å²) in [5, 5.41) is 8.96. The van der Waals surface area contributed by atoms with Gasteiger partial charge in [-0.1, -0.05) is 60.7 Å². The molecule has 0 spiro atoms. The third-order valence-electron chi connectivity index (χ3n) is 6.56. The van der Waals surface area contributed by atoms with Gasteiger partial charge in [0.25, 0.3) is 0 Å². The van der Waals surface area contributed by atoms with Crippen molar-refractivity contribution in [1.82, 2.24) is 19.4 Å². The summed E-state index contributed by atoms with van der Waals surface area (Å²) in [5.74, 6) is -0.226. The van der Waals surface area contributed by atoms with Crippen LogP contribution >= 0.6 is 0 Å². The van der Waals surface area contributed by atoms with E-state index in [0.717, 1.165) is 22.5 Å². The standard InChI is InChI=1S/C27H32N4O3S/c1-21-26(22(2)31(29-21)20-24-11-7-4-8-12-24)19-28-27(32)25-13-16-30(17-14-25)35(33,34)18-15-23-9-5-3-6-10-23/h3-12,15,18,25H,13-14,16-17,19-20H2,1-2H3,(H,28,32). The second kappa shape index (κ2) is 11.0. The number of benzene rings is 2. The van der Waals surface area contributed by atoms with Crippen LogP contribution in [0.4, 0.5) is 0 Å². The number of piperidine rings is 1. The molecule has 1 N–H and O–H groups in total. The van der Waals surface area contributed by atoms with Gasteiger partial charge in [-0.15, -0.1) is 0 Å². The molecule has 1 saturated heterocycles. The molecular weight excluding hydrogens is 460 g/mol. The number of aryl methyl sites for hydroxylation is 1. The highest BCUT2D eigenvalue weighted by molar-refractivity contribution is 7.92. The van der Waals surface area contributed by atoms with Crippen LogP contribution in [0.1, 0.15) is 40.9 Å². The van der Waals surface area contributed by atoms with Crippen molar-refractivity contribution in [2.24, 2.45) is 5.92 Å². The fourth-order valence-electron chi connectivity index (χ4n) is 4.41. The van der Waals surface area contributed by atoms with Gasteiger partial charge in [0.15, 0.2) is 0 Å². The Morgan fingerprint density at radius 1 is 1.03 bits per heavy atom. The van der Waals surface area contributed by atoms with E-state index in [1.54, 1.807) is 6.08 Å². The molecule has 0 saturated carbocycles. The Morgan fingerprint density at radius 2 is 1.66 bits per heavy atom. The molecule has 7 nitrogen and oxygen atoms in total. The van der Waals surface area contributed by atoms with E-state index in [1.165, 1.54) is 15.3 Å². The second-order valence-electron chi connectivity index (χ2n) is 8.94. The van der Waals surface area contributed by atoms with Crippen molar-refractivity contribution >= 4 is 22.0 Å². The molecule has 3 aromatic rings. The molecule has 1 amide bonds. The lowest BCUT2D eigenvalue weighted by Gasteiger charge is -2.29. The lowest BCUT2D eigenvalue weighted by atomic mass is 9.97. The van der Waals surface area contributed by atoms with Gasteiger partial charge in [-0.05, 0) is 43.9 Å². The molecule has 1 fully saturated rings. The van der Waals surface area contributed by atoms with Crippen LogP contribution in [0.5, 0.6) is 0 Å². The smallest absolute Gasteiger partial charge is 0.236 e. The third kappa shape index (κ3) is 6.26. The highest BCUT2D eigenvalue weighted by Gasteiger charge is 2.30. The summed E-state index contributed by atoms with van der Waals surface area (Å²) in [7, 11) is -3.51. The number of hydrogen-bond donors (Lipinski definition) is 1. The van der Waals surface area contributed by atoms with Gasteiger partial charge in [0.1, 0.15) is 0 Å². The normalized spacial score (nSPS) is 15.5. The Kier molecular flexibility index (Phi) is 7.83. The number of sulfonamides is 1. The quantitative estimate of drug-likeness (QED) is 0.517. The van der Waals surface area contributed by atoms with Crippen LogP contribution in [-0.4, -0.2) is 41.5 Å². The number of carbonyl (C=O) groups is 1.